The molecule has 0 N–H and O–H groups in total. The van der Waals surface area contributed by atoms with E-state index >= 15 is 0 Å². The molecule has 3 aliphatic heterocycles. The molecule has 2 amide bonds. The zero-order valence-corrected chi connectivity index (χ0v) is 18.8. The molecule has 3 saturated heterocycles. The second-order valence-electron chi connectivity index (χ2n) is 8.36. The normalized spacial score (nSPS) is 22.3. The van der Waals surface area contributed by atoms with Crippen molar-refractivity contribution in [1.82, 2.24) is 9.80 Å². The molecule has 0 aromatic heterocycles. The van der Waals surface area contributed by atoms with Crippen molar-refractivity contribution in [2.75, 3.05) is 37.7 Å². The van der Waals surface area contributed by atoms with Gasteiger partial charge >= 0.3 is 0 Å². The molecular formula is C23H32N2O2S2. The van der Waals surface area contributed by atoms with Crippen LogP contribution in [-0.4, -0.2) is 59.3 Å². The van der Waals surface area contributed by atoms with Crippen molar-refractivity contribution >= 4 is 35.3 Å². The van der Waals surface area contributed by atoms with Crippen LogP contribution in [0.5, 0.6) is 0 Å². The lowest BCUT2D eigenvalue weighted by Gasteiger charge is -2.34. The standard InChI is InChI=1S/C23H32N2O2S2/c26-21(18-6-8-20(9-7-18)23-28-16-5-17-29-23)25-14-10-19(11-15-25)22(27)24-12-3-1-2-4-13-24/h6-9,19,23H,1-5,10-17H2. The summed E-state index contributed by atoms with van der Waals surface area (Å²) in [7, 11) is 0. The van der Waals surface area contributed by atoms with E-state index in [1.54, 1.807) is 0 Å². The van der Waals surface area contributed by atoms with Gasteiger partial charge in [0.05, 0.1) is 4.58 Å². The van der Waals surface area contributed by atoms with Crippen molar-refractivity contribution in [1.29, 1.82) is 0 Å². The number of carbonyl (C=O) groups excluding carboxylic acids is 2. The maximum atomic E-state index is 12.9. The molecule has 0 unspecified atom stereocenters. The number of amides is 2. The SMILES string of the molecule is O=C(c1ccc(C2SCCCS2)cc1)N1CCC(C(=O)N2CCCCCC2)CC1. The van der Waals surface area contributed by atoms with Gasteiger partial charge < -0.3 is 9.80 Å². The van der Waals surface area contributed by atoms with Gasteiger partial charge in [-0.05, 0) is 61.3 Å². The monoisotopic (exact) mass is 432 g/mol. The van der Waals surface area contributed by atoms with Crippen molar-refractivity contribution in [3.8, 4) is 0 Å². The highest BCUT2D eigenvalue weighted by molar-refractivity contribution is 8.16. The summed E-state index contributed by atoms with van der Waals surface area (Å²) in [5.41, 5.74) is 2.09. The van der Waals surface area contributed by atoms with E-state index in [4.69, 9.17) is 0 Å². The number of piperidine rings is 1. The van der Waals surface area contributed by atoms with Gasteiger partial charge in [-0.3, -0.25) is 9.59 Å². The highest BCUT2D eigenvalue weighted by atomic mass is 32.2. The molecule has 1 aromatic carbocycles. The van der Waals surface area contributed by atoms with Gasteiger partial charge in [0.2, 0.25) is 5.91 Å². The molecule has 0 saturated carbocycles. The summed E-state index contributed by atoms with van der Waals surface area (Å²) in [6.45, 7) is 3.22. The van der Waals surface area contributed by atoms with Gasteiger partial charge in [-0.2, -0.15) is 0 Å². The summed E-state index contributed by atoms with van der Waals surface area (Å²) in [6.07, 6.45) is 7.65. The fourth-order valence-corrected chi connectivity index (χ4v) is 7.42. The molecule has 0 atom stereocenters. The zero-order chi connectivity index (χ0) is 20.1. The molecule has 3 fully saturated rings. The first-order valence-electron chi connectivity index (χ1n) is 11.1. The number of hydrogen-bond donors (Lipinski definition) is 0. The van der Waals surface area contributed by atoms with Gasteiger partial charge in [-0.25, -0.2) is 0 Å². The lowest BCUT2D eigenvalue weighted by Crippen LogP contribution is -2.44. The van der Waals surface area contributed by atoms with E-state index in [1.165, 1.54) is 36.3 Å². The Balaban J connectivity index is 1.30. The van der Waals surface area contributed by atoms with E-state index < -0.39 is 0 Å². The molecule has 6 heteroatoms. The van der Waals surface area contributed by atoms with E-state index in [1.807, 2.05) is 40.6 Å². The van der Waals surface area contributed by atoms with Crippen LogP contribution in [0.25, 0.3) is 0 Å². The predicted molar refractivity (Wildman–Crippen MR) is 122 cm³/mol. The predicted octanol–water partition coefficient (Wildman–Crippen LogP) is 4.81. The van der Waals surface area contributed by atoms with Gasteiger partial charge in [-0.15, -0.1) is 23.5 Å². The van der Waals surface area contributed by atoms with E-state index in [0.717, 1.165) is 44.3 Å². The van der Waals surface area contributed by atoms with Crippen LogP contribution >= 0.6 is 23.5 Å². The fraction of sp³-hybridized carbons (Fsp3) is 0.652. The number of carbonyl (C=O) groups is 2. The van der Waals surface area contributed by atoms with Crippen LogP contribution < -0.4 is 0 Å². The molecule has 0 bridgehead atoms. The Hall–Kier alpha value is -1.14. The van der Waals surface area contributed by atoms with Crippen LogP contribution in [0.1, 0.15) is 65.4 Å². The van der Waals surface area contributed by atoms with Gasteiger partial charge in [0.25, 0.3) is 5.91 Å². The second-order valence-corrected chi connectivity index (χ2v) is 11.1. The maximum absolute atomic E-state index is 12.9. The summed E-state index contributed by atoms with van der Waals surface area (Å²) in [5.74, 6) is 2.99. The van der Waals surface area contributed by atoms with Crippen molar-refractivity contribution < 1.29 is 9.59 Å². The molecule has 0 radical (unpaired) electrons. The minimum absolute atomic E-state index is 0.0971. The molecule has 158 valence electrons. The van der Waals surface area contributed by atoms with Gasteiger partial charge in [0, 0.05) is 37.7 Å². The van der Waals surface area contributed by atoms with Crippen molar-refractivity contribution in [2.24, 2.45) is 5.92 Å². The topological polar surface area (TPSA) is 40.6 Å². The Bertz CT molecular complexity index is 687. The third-order valence-electron chi connectivity index (χ3n) is 6.31. The number of likely N-dealkylation sites (tertiary alicyclic amines) is 2. The first-order chi connectivity index (χ1) is 14.2. The Morgan fingerprint density at radius 3 is 2.00 bits per heavy atom. The molecular weight excluding hydrogens is 400 g/mol. The van der Waals surface area contributed by atoms with E-state index in [9.17, 15) is 9.59 Å². The fourth-order valence-electron chi connectivity index (χ4n) is 4.52. The third-order valence-corrected chi connectivity index (χ3v) is 9.32. The van der Waals surface area contributed by atoms with Gasteiger partial charge in [0.15, 0.2) is 0 Å². The zero-order valence-electron chi connectivity index (χ0n) is 17.2. The van der Waals surface area contributed by atoms with Crippen molar-refractivity contribution in [2.45, 2.75) is 49.5 Å². The lowest BCUT2D eigenvalue weighted by molar-refractivity contribution is -0.136. The molecule has 3 heterocycles. The Morgan fingerprint density at radius 2 is 1.38 bits per heavy atom. The van der Waals surface area contributed by atoms with E-state index in [0.29, 0.717) is 23.6 Å². The first kappa shape index (κ1) is 21.1. The molecule has 0 aliphatic carbocycles. The summed E-state index contributed by atoms with van der Waals surface area (Å²) in [4.78, 5) is 29.8. The molecule has 0 spiro atoms. The smallest absolute Gasteiger partial charge is 0.253 e. The first-order valence-corrected chi connectivity index (χ1v) is 13.2. The number of rotatable bonds is 3. The Labute approximate surface area is 183 Å². The highest BCUT2D eigenvalue weighted by Crippen LogP contribution is 2.43. The minimum atomic E-state index is 0.0971. The van der Waals surface area contributed by atoms with Crippen LogP contribution in [0.2, 0.25) is 0 Å². The molecule has 3 aliphatic rings. The van der Waals surface area contributed by atoms with Crippen LogP contribution in [0.4, 0.5) is 0 Å². The highest BCUT2D eigenvalue weighted by Gasteiger charge is 2.30. The summed E-state index contributed by atoms with van der Waals surface area (Å²) < 4.78 is 0.508. The second kappa shape index (κ2) is 10.3. The minimum Gasteiger partial charge on any atom is -0.342 e. The molecule has 4 rings (SSSR count). The summed E-state index contributed by atoms with van der Waals surface area (Å²) in [6, 6.07) is 8.22. The van der Waals surface area contributed by atoms with E-state index in [2.05, 4.69) is 17.0 Å². The van der Waals surface area contributed by atoms with Crippen molar-refractivity contribution in [3.05, 3.63) is 35.4 Å². The maximum Gasteiger partial charge on any atom is 0.253 e. The largest absolute Gasteiger partial charge is 0.342 e. The number of hydrogen-bond acceptors (Lipinski definition) is 4. The quantitative estimate of drug-likeness (QED) is 0.687. The summed E-state index contributed by atoms with van der Waals surface area (Å²) in [5, 5.41) is 0. The number of thioether (sulfide) groups is 2. The van der Waals surface area contributed by atoms with E-state index in [-0.39, 0.29) is 11.8 Å². The molecule has 29 heavy (non-hydrogen) atoms. The molecule has 1 aromatic rings. The third kappa shape index (κ3) is 5.32. The van der Waals surface area contributed by atoms with Gasteiger partial charge in [-0.1, -0.05) is 25.0 Å². The van der Waals surface area contributed by atoms with Crippen LogP contribution in [0, 0.1) is 5.92 Å². The number of nitrogens with zero attached hydrogens (tertiary/aromatic N) is 2. The van der Waals surface area contributed by atoms with Crippen LogP contribution in [0.15, 0.2) is 24.3 Å². The molecule has 4 nitrogen and oxygen atoms in total. The van der Waals surface area contributed by atoms with Gasteiger partial charge in [0.1, 0.15) is 0 Å². The Morgan fingerprint density at radius 1 is 0.759 bits per heavy atom. The average molecular weight is 433 g/mol. The van der Waals surface area contributed by atoms with Crippen LogP contribution in [0.3, 0.4) is 0 Å². The lowest BCUT2D eigenvalue weighted by atomic mass is 9.94. The number of benzene rings is 1. The average Bonchev–Trinajstić information content (AvgIpc) is 3.09. The summed E-state index contributed by atoms with van der Waals surface area (Å²) >= 11 is 4.01. The van der Waals surface area contributed by atoms with Crippen molar-refractivity contribution in [3.63, 3.8) is 0 Å². The van der Waals surface area contributed by atoms with Crippen LogP contribution in [-0.2, 0) is 4.79 Å². The Kier molecular flexibility index (Phi) is 7.46.